The van der Waals surface area contributed by atoms with Gasteiger partial charge in [-0.3, -0.25) is 14.4 Å². The topological polar surface area (TPSA) is 103 Å². The SMILES string of the molecule is CC(=O)OC[C@@H](OC(C)=O)[C@H](CC#N)OC(C)=O. The Bertz CT molecular complexity index is 359. The maximum atomic E-state index is 10.9. The third-order valence-corrected chi connectivity index (χ3v) is 1.79. The molecule has 0 bridgehead atoms. The minimum Gasteiger partial charge on any atom is -0.462 e. The summed E-state index contributed by atoms with van der Waals surface area (Å²) >= 11 is 0. The van der Waals surface area contributed by atoms with E-state index in [1.807, 2.05) is 0 Å². The maximum absolute atomic E-state index is 10.9. The van der Waals surface area contributed by atoms with Gasteiger partial charge in [-0.1, -0.05) is 0 Å². The zero-order valence-electron chi connectivity index (χ0n) is 10.5. The van der Waals surface area contributed by atoms with Crippen molar-refractivity contribution in [2.75, 3.05) is 6.61 Å². The number of esters is 3. The van der Waals surface area contributed by atoms with Gasteiger partial charge in [-0.2, -0.15) is 5.26 Å². The lowest BCUT2D eigenvalue weighted by Crippen LogP contribution is -2.38. The van der Waals surface area contributed by atoms with Gasteiger partial charge >= 0.3 is 17.9 Å². The van der Waals surface area contributed by atoms with Gasteiger partial charge < -0.3 is 14.2 Å². The van der Waals surface area contributed by atoms with Gasteiger partial charge in [0.15, 0.2) is 12.2 Å². The fraction of sp³-hybridized carbons (Fsp3) is 0.636. The molecule has 100 valence electrons. The first-order valence-electron chi connectivity index (χ1n) is 5.21. The van der Waals surface area contributed by atoms with Crippen molar-refractivity contribution in [2.45, 2.75) is 39.4 Å². The molecule has 0 amide bonds. The van der Waals surface area contributed by atoms with Crippen LogP contribution in [0, 0.1) is 11.3 Å². The van der Waals surface area contributed by atoms with Crippen LogP contribution in [0.5, 0.6) is 0 Å². The smallest absolute Gasteiger partial charge is 0.303 e. The van der Waals surface area contributed by atoms with Crippen molar-refractivity contribution >= 4 is 17.9 Å². The molecule has 0 unspecified atom stereocenters. The largest absolute Gasteiger partial charge is 0.462 e. The van der Waals surface area contributed by atoms with Crippen LogP contribution in [0.1, 0.15) is 27.2 Å². The van der Waals surface area contributed by atoms with Gasteiger partial charge in [0.1, 0.15) is 6.61 Å². The van der Waals surface area contributed by atoms with E-state index in [2.05, 4.69) is 0 Å². The molecule has 0 heterocycles. The Labute approximate surface area is 105 Å². The summed E-state index contributed by atoms with van der Waals surface area (Å²) in [5.74, 6) is -1.80. The molecule has 7 nitrogen and oxygen atoms in total. The quantitative estimate of drug-likeness (QED) is 0.498. The molecule has 0 fully saturated rings. The second-order valence-electron chi connectivity index (χ2n) is 3.46. The summed E-state index contributed by atoms with van der Waals surface area (Å²) in [6, 6.07) is 1.81. The summed E-state index contributed by atoms with van der Waals surface area (Å²) in [6.45, 7) is 3.25. The molecule has 0 saturated carbocycles. The molecule has 18 heavy (non-hydrogen) atoms. The van der Waals surface area contributed by atoms with Crippen molar-refractivity contribution in [3.05, 3.63) is 0 Å². The summed E-state index contributed by atoms with van der Waals surface area (Å²) in [4.78, 5) is 32.5. The van der Waals surface area contributed by atoms with Crippen molar-refractivity contribution in [1.82, 2.24) is 0 Å². The van der Waals surface area contributed by atoms with E-state index in [4.69, 9.17) is 19.5 Å². The van der Waals surface area contributed by atoms with Crippen LogP contribution in [-0.4, -0.2) is 36.7 Å². The van der Waals surface area contributed by atoms with E-state index in [1.165, 1.54) is 13.8 Å². The van der Waals surface area contributed by atoms with Crippen molar-refractivity contribution in [2.24, 2.45) is 0 Å². The molecule has 0 aromatic heterocycles. The van der Waals surface area contributed by atoms with E-state index in [9.17, 15) is 14.4 Å². The third-order valence-electron chi connectivity index (χ3n) is 1.79. The number of nitrogens with zero attached hydrogens (tertiary/aromatic N) is 1. The molecular weight excluding hydrogens is 242 g/mol. The average molecular weight is 257 g/mol. The van der Waals surface area contributed by atoms with Gasteiger partial charge in [0.25, 0.3) is 0 Å². The Kier molecular flexibility index (Phi) is 7.12. The molecule has 0 spiro atoms. The van der Waals surface area contributed by atoms with E-state index in [1.54, 1.807) is 6.07 Å². The van der Waals surface area contributed by atoms with Crippen LogP contribution in [0.2, 0.25) is 0 Å². The van der Waals surface area contributed by atoms with Crippen molar-refractivity contribution in [3.63, 3.8) is 0 Å². The molecule has 7 heteroatoms. The molecule has 0 N–H and O–H groups in total. The van der Waals surface area contributed by atoms with Crippen molar-refractivity contribution < 1.29 is 28.6 Å². The predicted molar refractivity (Wildman–Crippen MR) is 58.0 cm³/mol. The molecule has 0 aliphatic heterocycles. The number of hydrogen-bond acceptors (Lipinski definition) is 7. The fourth-order valence-corrected chi connectivity index (χ4v) is 1.18. The molecule has 0 radical (unpaired) electrons. The van der Waals surface area contributed by atoms with E-state index in [0.29, 0.717) is 0 Å². The van der Waals surface area contributed by atoms with Crippen LogP contribution in [-0.2, 0) is 28.6 Å². The highest BCUT2D eigenvalue weighted by molar-refractivity contribution is 5.68. The molecule has 0 aliphatic rings. The summed E-state index contributed by atoms with van der Waals surface area (Å²) in [5, 5.41) is 8.62. The first-order valence-corrected chi connectivity index (χ1v) is 5.21. The van der Waals surface area contributed by atoms with E-state index in [-0.39, 0.29) is 13.0 Å². The predicted octanol–water partition coefficient (Wildman–Crippen LogP) is 0.327. The normalized spacial score (nSPS) is 12.8. The molecule has 0 aliphatic carbocycles. The Hall–Kier alpha value is -2.10. The summed E-state index contributed by atoms with van der Waals surface area (Å²) in [6.07, 6.45) is -2.12. The van der Waals surface area contributed by atoms with E-state index < -0.39 is 30.1 Å². The molecular formula is C11H15NO6. The van der Waals surface area contributed by atoms with Gasteiger partial charge in [-0.05, 0) is 0 Å². The standard InChI is InChI=1S/C11H15NO6/c1-7(13)16-6-11(18-9(3)15)10(4-5-12)17-8(2)14/h10-11H,4,6H2,1-3H3/t10-,11+/m0/s1. The van der Waals surface area contributed by atoms with Gasteiger partial charge in [0.05, 0.1) is 12.5 Å². The van der Waals surface area contributed by atoms with E-state index in [0.717, 1.165) is 6.92 Å². The highest BCUT2D eigenvalue weighted by atomic mass is 16.6. The van der Waals surface area contributed by atoms with Crippen LogP contribution in [0.15, 0.2) is 0 Å². The van der Waals surface area contributed by atoms with Gasteiger partial charge in [0.2, 0.25) is 0 Å². The van der Waals surface area contributed by atoms with Crippen molar-refractivity contribution in [3.8, 4) is 6.07 Å². The number of carbonyl (C=O) groups excluding carboxylic acids is 3. The average Bonchev–Trinajstić information content (AvgIpc) is 2.22. The zero-order valence-corrected chi connectivity index (χ0v) is 10.5. The van der Waals surface area contributed by atoms with Crippen LogP contribution in [0.4, 0.5) is 0 Å². The molecule has 0 aromatic carbocycles. The first kappa shape index (κ1) is 15.9. The third kappa shape index (κ3) is 7.22. The summed E-state index contributed by atoms with van der Waals surface area (Å²) < 4.78 is 14.4. The summed E-state index contributed by atoms with van der Waals surface area (Å²) in [7, 11) is 0. The molecule has 0 saturated heterocycles. The Balaban J connectivity index is 4.72. The second-order valence-corrected chi connectivity index (χ2v) is 3.46. The van der Waals surface area contributed by atoms with Crippen LogP contribution >= 0.6 is 0 Å². The lowest BCUT2D eigenvalue weighted by atomic mass is 10.1. The van der Waals surface area contributed by atoms with Gasteiger partial charge in [-0.25, -0.2) is 0 Å². The minimum absolute atomic E-state index is 0.168. The maximum Gasteiger partial charge on any atom is 0.303 e. The van der Waals surface area contributed by atoms with Gasteiger partial charge in [0, 0.05) is 20.8 Å². The minimum atomic E-state index is -0.991. The Morgan fingerprint density at radius 3 is 1.89 bits per heavy atom. The number of rotatable bonds is 6. The molecule has 0 rings (SSSR count). The monoisotopic (exact) mass is 257 g/mol. The lowest BCUT2D eigenvalue weighted by molar-refractivity contribution is -0.172. The summed E-state index contributed by atoms with van der Waals surface area (Å²) in [5.41, 5.74) is 0. The fourth-order valence-electron chi connectivity index (χ4n) is 1.18. The highest BCUT2D eigenvalue weighted by Crippen LogP contribution is 2.10. The Morgan fingerprint density at radius 1 is 1.00 bits per heavy atom. The molecule has 2 atom stereocenters. The number of ether oxygens (including phenoxy) is 3. The second kappa shape index (κ2) is 8.06. The van der Waals surface area contributed by atoms with Crippen molar-refractivity contribution in [1.29, 1.82) is 5.26 Å². The van der Waals surface area contributed by atoms with Crippen LogP contribution in [0.3, 0.4) is 0 Å². The number of hydrogen-bond donors (Lipinski definition) is 0. The highest BCUT2D eigenvalue weighted by Gasteiger charge is 2.28. The Morgan fingerprint density at radius 2 is 1.50 bits per heavy atom. The lowest BCUT2D eigenvalue weighted by Gasteiger charge is -2.24. The zero-order chi connectivity index (χ0) is 14.1. The van der Waals surface area contributed by atoms with Crippen LogP contribution < -0.4 is 0 Å². The molecule has 0 aromatic rings. The van der Waals surface area contributed by atoms with Crippen LogP contribution in [0.25, 0.3) is 0 Å². The van der Waals surface area contributed by atoms with E-state index >= 15 is 0 Å². The number of carbonyl (C=O) groups is 3. The number of nitriles is 1. The van der Waals surface area contributed by atoms with Gasteiger partial charge in [-0.15, -0.1) is 0 Å². The first-order chi connectivity index (χ1) is 8.36.